The molecule has 1 fully saturated rings. The maximum absolute atomic E-state index is 12.5. The van der Waals surface area contributed by atoms with E-state index < -0.39 is 18.7 Å². The zero-order valence-electron chi connectivity index (χ0n) is 10.2. The predicted octanol–water partition coefficient (Wildman–Crippen LogP) is 2.62. The molecule has 0 aromatic carbocycles. The molecule has 19 heavy (non-hydrogen) atoms. The van der Waals surface area contributed by atoms with Crippen molar-refractivity contribution in [3.8, 4) is 0 Å². The fourth-order valence-electron chi connectivity index (χ4n) is 1.91. The Kier molecular flexibility index (Phi) is 3.38. The minimum Gasteiger partial charge on any atom is -0.478 e. The number of anilines is 1. The van der Waals surface area contributed by atoms with Crippen LogP contribution in [0.3, 0.4) is 0 Å². The molecular weight excluding hydrogens is 261 g/mol. The van der Waals surface area contributed by atoms with Crippen LogP contribution in [0, 0.1) is 6.92 Å². The lowest BCUT2D eigenvalue weighted by Crippen LogP contribution is -2.36. The summed E-state index contributed by atoms with van der Waals surface area (Å²) in [5.41, 5.74) is 0.226. The van der Waals surface area contributed by atoms with Crippen LogP contribution in [-0.4, -0.2) is 34.8 Å². The first kappa shape index (κ1) is 13.6. The van der Waals surface area contributed by atoms with Gasteiger partial charge in [0.05, 0.1) is 11.3 Å². The van der Waals surface area contributed by atoms with E-state index >= 15 is 0 Å². The van der Waals surface area contributed by atoms with E-state index in [0.717, 1.165) is 0 Å². The Hall–Kier alpha value is -1.79. The molecule has 7 heteroatoms. The van der Waals surface area contributed by atoms with Gasteiger partial charge in [0, 0.05) is 6.04 Å². The normalized spacial score (nSPS) is 15.4. The van der Waals surface area contributed by atoms with E-state index in [0.29, 0.717) is 12.8 Å². The summed E-state index contributed by atoms with van der Waals surface area (Å²) >= 11 is 0. The summed E-state index contributed by atoms with van der Waals surface area (Å²) in [4.78, 5) is 16.0. The van der Waals surface area contributed by atoms with Crippen molar-refractivity contribution < 1.29 is 23.1 Å². The number of hydrogen-bond acceptors (Lipinski definition) is 3. The minimum absolute atomic E-state index is 0.00602. The summed E-state index contributed by atoms with van der Waals surface area (Å²) in [5, 5.41) is 8.87. The van der Waals surface area contributed by atoms with E-state index in [9.17, 15) is 18.0 Å². The number of hydrogen-bond donors (Lipinski definition) is 1. The molecule has 1 saturated carbocycles. The van der Waals surface area contributed by atoms with Crippen LogP contribution in [0.1, 0.15) is 28.9 Å². The molecule has 0 saturated heterocycles. The maximum Gasteiger partial charge on any atom is 0.405 e. The van der Waals surface area contributed by atoms with Crippen molar-refractivity contribution in [2.45, 2.75) is 32.0 Å². The average Bonchev–Trinajstić information content (AvgIpc) is 3.07. The monoisotopic (exact) mass is 274 g/mol. The third-order valence-electron chi connectivity index (χ3n) is 2.93. The maximum atomic E-state index is 12.5. The molecule has 0 bridgehead atoms. The lowest BCUT2D eigenvalue weighted by molar-refractivity contribution is -0.120. The van der Waals surface area contributed by atoms with Crippen LogP contribution >= 0.6 is 0 Å². The van der Waals surface area contributed by atoms with Gasteiger partial charge in [0.1, 0.15) is 12.4 Å². The number of aromatic nitrogens is 1. The van der Waals surface area contributed by atoms with Gasteiger partial charge in [-0.3, -0.25) is 0 Å². The molecule has 104 valence electrons. The summed E-state index contributed by atoms with van der Waals surface area (Å²) in [7, 11) is 0. The number of aryl methyl sites for hydroxylation is 1. The number of alkyl halides is 3. The number of halogens is 3. The Bertz CT molecular complexity index is 498. The van der Waals surface area contributed by atoms with Crippen LogP contribution in [0.15, 0.2) is 12.1 Å². The molecule has 0 unspecified atom stereocenters. The Morgan fingerprint density at radius 3 is 2.53 bits per heavy atom. The van der Waals surface area contributed by atoms with E-state index in [1.807, 2.05) is 0 Å². The molecule has 0 radical (unpaired) electrons. The first-order valence-corrected chi connectivity index (χ1v) is 5.82. The molecule has 4 nitrogen and oxygen atoms in total. The molecule has 1 N–H and O–H groups in total. The molecule has 1 heterocycles. The number of aromatic carboxylic acids is 1. The minimum atomic E-state index is -4.30. The third-order valence-corrected chi connectivity index (χ3v) is 2.93. The summed E-state index contributed by atoms with van der Waals surface area (Å²) < 4.78 is 37.6. The Labute approximate surface area is 107 Å². The van der Waals surface area contributed by atoms with Crippen molar-refractivity contribution in [3.63, 3.8) is 0 Å². The summed E-state index contributed by atoms with van der Waals surface area (Å²) in [6.45, 7) is 0.419. The van der Waals surface area contributed by atoms with Crippen molar-refractivity contribution in [2.75, 3.05) is 11.4 Å². The van der Waals surface area contributed by atoms with Crippen LogP contribution in [0.2, 0.25) is 0 Å². The van der Waals surface area contributed by atoms with E-state index in [1.54, 1.807) is 0 Å². The number of carboxylic acids is 1. The molecule has 1 aliphatic rings. The van der Waals surface area contributed by atoms with Crippen LogP contribution in [0.25, 0.3) is 0 Å². The first-order chi connectivity index (χ1) is 8.78. The van der Waals surface area contributed by atoms with Crippen molar-refractivity contribution in [1.82, 2.24) is 4.98 Å². The highest BCUT2D eigenvalue weighted by Gasteiger charge is 2.38. The number of carbonyl (C=O) groups is 1. The van der Waals surface area contributed by atoms with Crippen molar-refractivity contribution in [3.05, 3.63) is 23.4 Å². The largest absolute Gasteiger partial charge is 0.478 e. The Morgan fingerprint density at radius 1 is 1.47 bits per heavy atom. The molecule has 1 aromatic rings. The summed E-state index contributed by atoms with van der Waals surface area (Å²) in [6.07, 6.45) is -2.89. The molecular formula is C12H13F3N2O2. The van der Waals surface area contributed by atoms with Gasteiger partial charge in [0.25, 0.3) is 0 Å². The Morgan fingerprint density at radius 2 is 2.11 bits per heavy atom. The van der Waals surface area contributed by atoms with E-state index in [1.165, 1.54) is 24.0 Å². The van der Waals surface area contributed by atoms with Crippen molar-refractivity contribution in [1.29, 1.82) is 0 Å². The van der Waals surface area contributed by atoms with Crippen LogP contribution in [0.5, 0.6) is 0 Å². The highest BCUT2D eigenvalue weighted by atomic mass is 19.4. The standard InChI is InChI=1S/C12H13F3N2O2/c1-7-9(11(18)19)4-5-10(16-7)17(8-2-3-8)6-12(13,14)15/h4-5,8H,2-3,6H2,1H3,(H,18,19). The molecule has 1 aromatic heterocycles. The number of rotatable bonds is 4. The molecule has 1 aliphatic carbocycles. The predicted molar refractivity (Wildman–Crippen MR) is 62.4 cm³/mol. The van der Waals surface area contributed by atoms with E-state index in [-0.39, 0.29) is 23.1 Å². The number of nitrogens with zero attached hydrogens (tertiary/aromatic N) is 2. The summed E-state index contributed by atoms with van der Waals surface area (Å²) in [6, 6.07) is 2.48. The van der Waals surface area contributed by atoms with Crippen LogP contribution in [-0.2, 0) is 0 Å². The second-order valence-corrected chi connectivity index (χ2v) is 4.58. The van der Waals surface area contributed by atoms with Gasteiger partial charge in [-0.25, -0.2) is 9.78 Å². The number of carboxylic acid groups (broad SMARTS) is 1. The SMILES string of the molecule is Cc1nc(N(CC(F)(F)F)C2CC2)ccc1C(=O)O. The van der Waals surface area contributed by atoms with Gasteiger partial charge in [0.15, 0.2) is 0 Å². The van der Waals surface area contributed by atoms with Crippen molar-refractivity contribution in [2.24, 2.45) is 0 Å². The fourth-order valence-corrected chi connectivity index (χ4v) is 1.91. The van der Waals surface area contributed by atoms with Gasteiger partial charge in [-0.15, -0.1) is 0 Å². The topological polar surface area (TPSA) is 53.4 Å². The van der Waals surface area contributed by atoms with Gasteiger partial charge < -0.3 is 10.0 Å². The summed E-state index contributed by atoms with van der Waals surface area (Å²) in [5.74, 6) is -0.951. The highest BCUT2D eigenvalue weighted by Crippen LogP contribution is 2.33. The number of pyridine rings is 1. The zero-order valence-corrected chi connectivity index (χ0v) is 10.2. The van der Waals surface area contributed by atoms with Gasteiger partial charge in [0.2, 0.25) is 0 Å². The lowest BCUT2D eigenvalue weighted by atomic mass is 10.2. The fraction of sp³-hybridized carbons (Fsp3) is 0.500. The van der Waals surface area contributed by atoms with Gasteiger partial charge >= 0.3 is 12.1 Å². The lowest BCUT2D eigenvalue weighted by Gasteiger charge is -2.25. The van der Waals surface area contributed by atoms with Crippen LogP contribution < -0.4 is 4.90 Å². The van der Waals surface area contributed by atoms with Crippen molar-refractivity contribution >= 4 is 11.8 Å². The van der Waals surface area contributed by atoms with Gasteiger partial charge in [-0.05, 0) is 31.9 Å². The molecule has 0 aliphatic heterocycles. The molecule has 0 amide bonds. The first-order valence-electron chi connectivity index (χ1n) is 5.82. The second-order valence-electron chi connectivity index (χ2n) is 4.58. The quantitative estimate of drug-likeness (QED) is 0.917. The smallest absolute Gasteiger partial charge is 0.405 e. The third kappa shape index (κ3) is 3.36. The zero-order chi connectivity index (χ0) is 14.2. The molecule has 2 rings (SSSR count). The molecule has 0 spiro atoms. The highest BCUT2D eigenvalue weighted by molar-refractivity contribution is 5.89. The average molecular weight is 274 g/mol. The van der Waals surface area contributed by atoms with E-state index in [4.69, 9.17) is 5.11 Å². The van der Waals surface area contributed by atoms with Crippen LogP contribution in [0.4, 0.5) is 19.0 Å². The van der Waals surface area contributed by atoms with E-state index in [2.05, 4.69) is 4.98 Å². The van der Waals surface area contributed by atoms with Gasteiger partial charge in [-0.1, -0.05) is 0 Å². The second kappa shape index (κ2) is 4.71. The Balaban J connectivity index is 2.27. The van der Waals surface area contributed by atoms with Gasteiger partial charge in [-0.2, -0.15) is 13.2 Å². The molecule has 0 atom stereocenters.